The van der Waals surface area contributed by atoms with Gasteiger partial charge >= 0.3 is 7.82 Å². The average molecular weight is 294 g/mol. The van der Waals surface area contributed by atoms with Crippen LogP contribution in [0.1, 0.15) is 17.6 Å². The van der Waals surface area contributed by atoms with Gasteiger partial charge in [0, 0.05) is 11.4 Å². The molecule has 1 aromatic heterocycles. The molecule has 1 atom stereocenters. The first kappa shape index (κ1) is 14.7. The highest BCUT2D eigenvalue weighted by Gasteiger charge is 2.24. The van der Waals surface area contributed by atoms with Crippen LogP contribution in [0.15, 0.2) is 48.5 Å². The van der Waals surface area contributed by atoms with E-state index in [1.54, 1.807) is 49.4 Å². The van der Waals surface area contributed by atoms with Crippen LogP contribution in [-0.4, -0.2) is 14.8 Å². The maximum Gasteiger partial charge on any atom is 0.471 e. The zero-order valence-corrected chi connectivity index (χ0v) is 11.7. The van der Waals surface area contributed by atoms with Crippen molar-refractivity contribution in [2.45, 2.75) is 13.2 Å². The smallest absolute Gasteiger partial charge is 0.355 e. The molecule has 106 valence electrons. The lowest BCUT2D eigenvalue weighted by molar-refractivity contribution is 0.148. The number of rotatable bonds is 5. The Labute approximate surface area is 116 Å². The number of aromatic nitrogens is 1. The Hall–Kier alpha value is -1.72. The van der Waals surface area contributed by atoms with E-state index in [1.165, 1.54) is 0 Å². The van der Waals surface area contributed by atoms with Crippen molar-refractivity contribution in [1.82, 2.24) is 4.98 Å². The summed E-state index contributed by atoms with van der Waals surface area (Å²) in [7, 11) is -4.64. The molecule has 7 heteroatoms. The number of nitrogens with zero attached hydrogens (tertiary/aromatic N) is 1. The topological polar surface area (TPSA) is 91.7 Å². The van der Waals surface area contributed by atoms with Gasteiger partial charge in [0.25, 0.3) is 0 Å². The van der Waals surface area contributed by atoms with Crippen LogP contribution >= 0.6 is 7.82 Å². The third-order valence-corrected chi connectivity index (χ3v) is 2.98. The van der Waals surface area contributed by atoms with Crippen molar-refractivity contribution < 1.29 is 18.9 Å². The van der Waals surface area contributed by atoms with Gasteiger partial charge in [0.15, 0.2) is 6.23 Å². The van der Waals surface area contributed by atoms with E-state index in [1.807, 2.05) is 6.07 Å². The number of benzene rings is 1. The fourth-order valence-electron chi connectivity index (χ4n) is 1.69. The summed E-state index contributed by atoms with van der Waals surface area (Å²) in [4.78, 5) is 22.3. The van der Waals surface area contributed by atoms with Crippen LogP contribution < -0.4 is 5.32 Å². The molecular weight excluding hydrogens is 279 g/mol. The maximum absolute atomic E-state index is 11.1. The van der Waals surface area contributed by atoms with Crippen LogP contribution in [0.25, 0.3) is 0 Å². The summed E-state index contributed by atoms with van der Waals surface area (Å²) in [5.41, 5.74) is 1.81. The van der Waals surface area contributed by atoms with Crippen molar-refractivity contribution in [3.8, 4) is 0 Å². The molecule has 0 fully saturated rings. The van der Waals surface area contributed by atoms with E-state index in [2.05, 4.69) is 10.3 Å². The zero-order valence-electron chi connectivity index (χ0n) is 10.8. The Morgan fingerprint density at radius 1 is 1.15 bits per heavy atom. The quantitative estimate of drug-likeness (QED) is 0.580. The van der Waals surface area contributed by atoms with Crippen molar-refractivity contribution in [1.29, 1.82) is 0 Å². The molecule has 0 saturated carbocycles. The third-order valence-electron chi connectivity index (χ3n) is 2.49. The SMILES string of the molecule is Cc1cccc(C(Nc2ccccc2)OP(=O)(O)O)n1. The minimum atomic E-state index is -4.64. The molecule has 0 aliphatic rings. The highest BCUT2D eigenvalue weighted by Crippen LogP contribution is 2.42. The summed E-state index contributed by atoms with van der Waals surface area (Å²) >= 11 is 0. The lowest BCUT2D eigenvalue weighted by atomic mass is 10.2. The molecule has 0 radical (unpaired) electrons. The number of hydrogen-bond donors (Lipinski definition) is 3. The largest absolute Gasteiger partial charge is 0.471 e. The lowest BCUT2D eigenvalue weighted by Crippen LogP contribution is -2.15. The van der Waals surface area contributed by atoms with Crippen LogP contribution in [0.4, 0.5) is 5.69 Å². The van der Waals surface area contributed by atoms with Gasteiger partial charge in [-0.1, -0.05) is 24.3 Å². The van der Waals surface area contributed by atoms with Gasteiger partial charge in [-0.15, -0.1) is 0 Å². The molecule has 0 saturated heterocycles. The van der Waals surface area contributed by atoms with E-state index in [4.69, 9.17) is 14.3 Å². The molecule has 1 heterocycles. The number of phosphoric acid groups is 1. The molecule has 0 spiro atoms. The summed E-state index contributed by atoms with van der Waals surface area (Å²) in [5.74, 6) is 0. The van der Waals surface area contributed by atoms with Gasteiger partial charge in [0.05, 0.1) is 5.69 Å². The van der Waals surface area contributed by atoms with Gasteiger partial charge in [0.2, 0.25) is 0 Å². The summed E-state index contributed by atoms with van der Waals surface area (Å²) in [6.45, 7) is 1.79. The number of hydrogen-bond acceptors (Lipinski definition) is 4. The second kappa shape index (κ2) is 6.15. The van der Waals surface area contributed by atoms with Gasteiger partial charge in [-0.05, 0) is 31.2 Å². The normalized spacial score (nSPS) is 12.9. The van der Waals surface area contributed by atoms with E-state index in [9.17, 15) is 4.57 Å². The molecule has 1 aromatic carbocycles. The van der Waals surface area contributed by atoms with Crippen molar-refractivity contribution in [2.75, 3.05) is 5.32 Å². The van der Waals surface area contributed by atoms with Crippen LogP contribution in [0.5, 0.6) is 0 Å². The molecule has 20 heavy (non-hydrogen) atoms. The highest BCUT2D eigenvalue weighted by atomic mass is 31.2. The molecule has 0 aliphatic heterocycles. The van der Waals surface area contributed by atoms with E-state index in [-0.39, 0.29) is 0 Å². The van der Waals surface area contributed by atoms with Gasteiger partial charge in [-0.3, -0.25) is 9.51 Å². The Balaban J connectivity index is 2.27. The van der Waals surface area contributed by atoms with E-state index >= 15 is 0 Å². The minimum Gasteiger partial charge on any atom is -0.355 e. The van der Waals surface area contributed by atoms with Crippen LogP contribution in [0.2, 0.25) is 0 Å². The Morgan fingerprint density at radius 2 is 1.85 bits per heavy atom. The molecule has 2 rings (SSSR count). The number of nitrogens with one attached hydrogen (secondary N) is 1. The molecule has 1 unspecified atom stereocenters. The molecule has 6 nitrogen and oxygen atoms in total. The van der Waals surface area contributed by atoms with Crippen molar-refractivity contribution in [3.63, 3.8) is 0 Å². The average Bonchev–Trinajstić information content (AvgIpc) is 2.38. The molecule has 0 bridgehead atoms. The predicted molar refractivity (Wildman–Crippen MR) is 74.9 cm³/mol. The molecule has 0 aliphatic carbocycles. The second-order valence-corrected chi connectivity index (χ2v) is 5.38. The first-order valence-electron chi connectivity index (χ1n) is 5.93. The Kier molecular flexibility index (Phi) is 4.52. The number of anilines is 1. The first-order chi connectivity index (χ1) is 9.44. The Bertz CT molecular complexity index is 615. The number of aryl methyl sites for hydroxylation is 1. The van der Waals surface area contributed by atoms with E-state index in [0.717, 1.165) is 5.69 Å². The van der Waals surface area contributed by atoms with E-state index in [0.29, 0.717) is 11.4 Å². The Morgan fingerprint density at radius 3 is 2.45 bits per heavy atom. The molecular formula is C13H15N2O4P. The van der Waals surface area contributed by atoms with Crippen molar-refractivity contribution in [3.05, 3.63) is 59.9 Å². The van der Waals surface area contributed by atoms with Crippen LogP contribution in [-0.2, 0) is 9.09 Å². The fourth-order valence-corrected chi connectivity index (χ4v) is 2.12. The summed E-state index contributed by atoms with van der Waals surface area (Å²) in [6.07, 6.45) is -1.03. The lowest BCUT2D eigenvalue weighted by Gasteiger charge is -2.20. The predicted octanol–water partition coefficient (Wildman–Crippen LogP) is 2.61. The van der Waals surface area contributed by atoms with Crippen molar-refractivity contribution >= 4 is 13.5 Å². The second-order valence-electron chi connectivity index (χ2n) is 4.19. The molecule has 2 aromatic rings. The van der Waals surface area contributed by atoms with E-state index < -0.39 is 14.1 Å². The first-order valence-corrected chi connectivity index (χ1v) is 7.46. The van der Waals surface area contributed by atoms with Crippen molar-refractivity contribution in [2.24, 2.45) is 0 Å². The monoisotopic (exact) mass is 294 g/mol. The van der Waals surface area contributed by atoms with Crippen LogP contribution in [0, 0.1) is 6.92 Å². The number of para-hydroxylation sites is 1. The van der Waals surface area contributed by atoms with Gasteiger partial charge in [0.1, 0.15) is 0 Å². The zero-order chi connectivity index (χ0) is 14.6. The standard InChI is InChI=1S/C13H15N2O4P/c1-10-6-5-9-12(14-10)13(19-20(16,17)18)15-11-7-3-2-4-8-11/h2-9,13,15H,1H3,(H2,16,17,18). The number of pyridine rings is 1. The maximum atomic E-state index is 11.1. The van der Waals surface area contributed by atoms with Crippen LogP contribution in [0.3, 0.4) is 0 Å². The summed E-state index contributed by atoms with van der Waals surface area (Å²) < 4.78 is 15.9. The van der Waals surface area contributed by atoms with Gasteiger partial charge in [-0.25, -0.2) is 4.57 Å². The van der Waals surface area contributed by atoms with Gasteiger partial charge < -0.3 is 15.1 Å². The molecule has 0 amide bonds. The fraction of sp³-hybridized carbons (Fsp3) is 0.154. The van der Waals surface area contributed by atoms with Gasteiger partial charge in [-0.2, -0.15) is 0 Å². The summed E-state index contributed by atoms with van der Waals surface area (Å²) in [5, 5.41) is 2.90. The minimum absolute atomic E-state index is 0.400. The highest BCUT2D eigenvalue weighted by molar-refractivity contribution is 7.46. The number of phosphoric ester groups is 1. The molecule has 3 N–H and O–H groups in total. The summed E-state index contributed by atoms with van der Waals surface area (Å²) in [6, 6.07) is 14.2. The third kappa shape index (κ3) is 4.43.